The number of nitrogens with one attached hydrogen (secondary N) is 2. The summed E-state index contributed by atoms with van der Waals surface area (Å²) in [5.74, 6) is 0.0631. The second kappa shape index (κ2) is 4.84. The van der Waals surface area contributed by atoms with Crippen molar-refractivity contribution in [2.75, 3.05) is 6.54 Å². The average Bonchev–Trinajstić information content (AvgIpc) is 2.78. The van der Waals surface area contributed by atoms with E-state index in [2.05, 4.69) is 15.6 Å². The monoisotopic (exact) mass is 233 g/mol. The molecular weight excluding hydrogens is 214 g/mol. The van der Waals surface area contributed by atoms with Gasteiger partial charge >= 0.3 is 0 Å². The largest absolute Gasteiger partial charge is 0.346 e. The van der Waals surface area contributed by atoms with Gasteiger partial charge in [-0.3, -0.25) is 9.78 Å². The minimum atomic E-state index is -0.414. The normalized spacial score (nSPS) is 25.5. The molecule has 2 rings (SSSR count). The zero-order valence-corrected chi connectivity index (χ0v) is 10.4. The number of hydrogen-bond donors (Lipinski definition) is 2. The van der Waals surface area contributed by atoms with E-state index >= 15 is 0 Å². The quantitative estimate of drug-likeness (QED) is 0.829. The van der Waals surface area contributed by atoms with E-state index in [1.807, 2.05) is 32.0 Å². The van der Waals surface area contributed by atoms with Crippen molar-refractivity contribution in [2.45, 2.75) is 38.3 Å². The van der Waals surface area contributed by atoms with E-state index in [4.69, 9.17) is 0 Å². The summed E-state index contributed by atoms with van der Waals surface area (Å²) in [5.41, 5.74) is 0.478. The Bertz CT molecular complexity index is 385. The van der Waals surface area contributed by atoms with E-state index in [1.165, 1.54) is 0 Å². The molecule has 1 aromatic heterocycles. The second-order valence-corrected chi connectivity index (χ2v) is 4.81. The molecule has 4 heteroatoms. The maximum atomic E-state index is 12.1. The Morgan fingerprint density at radius 3 is 3.00 bits per heavy atom. The van der Waals surface area contributed by atoms with Crippen molar-refractivity contribution in [3.05, 3.63) is 30.1 Å². The minimum Gasteiger partial charge on any atom is -0.346 e. The number of amides is 1. The second-order valence-electron chi connectivity index (χ2n) is 4.81. The predicted molar refractivity (Wildman–Crippen MR) is 66.4 cm³/mol. The van der Waals surface area contributed by atoms with Gasteiger partial charge in [0.1, 0.15) is 0 Å². The average molecular weight is 233 g/mol. The van der Waals surface area contributed by atoms with Crippen molar-refractivity contribution in [3.63, 3.8) is 0 Å². The van der Waals surface area contributed by atoms with Crippen LogP contribution in [0, 0.1) is 0 Å². The van der Waals surface area contributed by atoms with E-state index in [1.54, 1.807) is 6.20 Å². The Morgan fingerprint density at radius 1 is 1.59 bits per heavy atom. The summed E-state index contributed by atoms with van der Waals surface area (Å²) in [5, 5.41) is 6.27. The molecule has 1 aliphatic rings. The van der Waals surface area contributed by atoms with E-state index < -0.39 is 5.54 Å². The lowest BCUT2D eigenvalue weighted by atomic mass is 9.98. The van der Waals surface area contributed by atoms with Gasteiger partial charge in [-0.25, -0.2) is 0 Å². The van der Waals surface area contributed by atoms with E-state index in [9.17, 15) is 4.79 Å². The molecule has 2 unspecified atom stereocenters. The molecule has 1 amide bonds. The molecule has 2 atom stereocenters. The standard InChI is InChI=1S/C13H19N3O/c1-10(11-6-3-4-8-14-11)16-12(17)13(2)7-5-9-15-13/h3-4,6,8,10,15H,5,7,9H2,1-2H3,(H,16,17). The van der Waals surface area contributed by atoms with Crippen LogP contribution in [-0.2, 0) is 4.79 Å². The lowest BCUT2D eigenvalue weighted by Gasteiger charge is -2.25. The SMILES string of the molecule is CC(NC(=O)C1(C)CCCN1)c1ccccn1. The smallest absolute Gasteiger partial charge is 0.240 e. The van der Waals surface area contributed by atoms with Gasteiger partial charge in [-0.05, 0) is 45.4 Å². The van der Waals surface area contributed by atoms with E-state index in [0.717, 1.165) is 25.1 Å². The third kappa shape index (κ3) is 2.64. The molecule has 1 saturated heterocycles. The van der Waals surface area contributed by atoms with Crippen LogP contribution in [0.25, 0.3) is 0 Å². The van der Waals surface area contributed by atoms with Crippen LogP contribution in [0.4, 0.5) is 0 Å². The summed E-state index contributed by atoms with van der Waals surface area (Å²) in [6, 6.07) is 5.68. The van der Waals surface area contributed by atoms with Crippen molar-refractivity contribution in [3.8, 4) is 0 Å². The molecule has 17 heavy (non-hydrogen) atoms. The fourth-order valence-corrected chi connectivity index (χ4v) is 2.15. The first-order chi connectivity index (χ1) is 8.12. The van der Waals surface area contributed by atoms with Crippen molar-refractivity contribution in [1.29, 1.82) is 0 Å². The van der Waals surface area contributed by atoms with Crippen molar-refractivity contribution in [1.82, 2.24) is 15.6 Å². The molecule has 0 aliphatic carbocycles. The molecule has 92 valence electrons. The highest BCUT2D eigenvalue weighted by Crippen LogP contribution is 2.20. The van der Waals surface area contributed by atoms with Gasteiger partial charge < -0.3 is 10.6 Å². The highest BCUT2D eigenvalue weighted by molar-refractivity contribution is 5.86. The highest BCUT2D eigenvalue weighted by Gasteiger charge is 2.36. The number of pyridine rings is 1. The summed E-state index contributed by atoms with van der Waals surface area (Å²) in [4.78, 5) is 16.4. The van der Waals surface area contributed by atoms with Gasteiger partial charge in [0, 0.05) is 6.20 Å². The van der Waals surface area contributed by atoms with Gasteiger partial charge in [-0.15, -0.1) is 0 Å². The third-order valence-electron chi connectivity index (χ3n) is 3.35. The first-order valence-corrected chi connectivity index (χ1v) is 6.09. The fourth-order valence-electron chi connectivity index (χ4n) is 2.15. The zero-order valence-electron chi connectivity index (χ0n) is 10.4. The van der Waals surface area contributed by atoms with Crippen molar-refractivity contribution in [2.24, 2.45) is 0 Å². The van der Waals surface area contributed by atoms with Crippen LogP contribution in [-0.4, -0.2) is 23.0 Å². The molecule has 1 aliphatic heterocycles. The molecule has 0 radical (unpaired) electrons. The molecule has 0 aromatic carbocycles. The van der Waals surface area contributed by atoms with Crippen LogP contribution in [0.15, 0.2) is 24.4 Å². The highest BCUT2D eigenvalue weighted by atomic mass is 16.2. The van der Waals surface area contributed by atoms with Gasteiger partial charge in [0.25, 0.3) is 0 Å². The van der Waals surface area contributed by atoms with E-state index in [0.29, 0.717) is 0 Å². The summed E-state index contributed by atoms with van der Waals surface area (Å²) < 4.78 is 0. The van der Waals surface area contributed by atoms with Crippen LogP contribution < -0.4 is 10.6 Å². The van der Waals surface area contributed by atoms with Crippen LogP contribution in [0.3, 0.4) is 0 Å². The van der Waals surface area contributed by atoms with Crippen LogP contribution in [0.2, 0.25) is 0 Å². The lowest BCUT2D eigenvalue weighted by Crippen LogP contribution is -2.51. The first kappa shape index (κ1) is 12.0. The predicted octanol–water partition coefficient (Wildman–Crippen LogP) is 1.40. The number of nitrogens with zero attached hydrogens (tertiary/aromatic N) is 1. The molecule has 1 aromatic rings. The summed E-state index contributed by atoms with van der Waals surface area (Å²) in [6.45, 7) is 4.83. The minimum absolute atomic E-state index is 0.0528. The van der Waals surface area contributed by atoms with Crippen molar-refractivity contribution < 1.29 is 4.79 Å². The Balaban J connectivity index is 1.99. The molecule has 2 N–H and O–H groups in total. The van der Waals surface area contributed by atoms with Gasteiger partial charge in [0.15, 0.2) is 0 Å². The summed E-state index contributed by atoms with van der Waals surface area (Å²) in [7, 11) is 0. The molecule has 1 fully saturated rings. The van der Waals surface area contributed by atoms with E-state index in [-0.39, 0.29) is 11.9 Å². The van der Waals surface area contributed by atoms with Crippen LogP contribution >= 0.6 is 0 Å². The first-order valence-electron chi connectivity index (χ1n) is 6.09. The topological polar surface area (TPSA) is 54.0 Å². The Morgan fingerprint density at radius 2 is 2.41 bits per heavy atom. The zero-order chi connectivity index (χ0) is 12.3. The molecular formula is C13H19N3O. The van der Waals surface area contributed by atoms with Gasteiger partial charge in [0.2, 0.25) is 5.91 Å². The van der Waals surface area contributed by atoms with Gasteiger partial charge in [-0.1, -0.05) is 6.07 Å². The lowest BCUT2D eigenvalue weighted by molar-refractivity contribution is -0.127. The summed E-state index contributed by atoms with van der Waals surface area (Å²) in [6.07, 6.45) is 3.70. The summed E-state index contributed by atoms with van der Waals surface area (Å²) >= 11 is 0. The Kier molecular flexibility index (Phi) is 3.43. The fraction of sp³-hybridized carbons (Fsp3) is 0.538. The number of aromatic nitrogens is 1. The molecule has 0 spiro atoms. The number of carbonyl (C=O) groups excluding carboxylic acids is 1. The van der Waals surface area contributed by atoms with Gasteiger partial charge in [-0.2, -0.15) is 0 Å². The molecule has 0 saturated carbocycles. The van der Waals surface area contributed by atoms with Crippen molar-refractivity contribution >= 4 is 5.91 Å². The maximum Gasteiger partial charge on any atom is 0.240 e. The number of rotatable bonds is 3. The van der Waals surface area contributed by atoms with Gasteiger partial charge in [0.05, 0.1) is 17.3 Å². The number of hydrogen-bond acceptors (Lipinski definition) is 3. The van der Waals surface area contributed by atoms with Crippen LogP contribution in [0.1, 0.15) is 38.4 Å². The maximum absolute atomic E-state index is 12.1. The van der Waals surface area contributed by atoms with Crippen LogP contribution in [0.5, 0.6) is 0 Å². The Hall–Kier alpha value is -1.42. The molecule has 0 bridgehead atoms. The molecule has 2 heterocycles. The third-order valence-corrected chi connectivity index (χ3v) is 3.35. The molecule has 4 nitrogen and oxygen atoms in total. The number of carbonyl (C=O) groups is 1. The Labute approximate surface area is 102 Å².